The van der Waals surface area contributed by atoms with E-state index in [4.69, 9.17) is 5.11 Å². The molecule has 0 saturated heterocycles. The molecule has 0 unspecified atom stereocenters. The second kappa shape index (κ2) is 5.47. The summed E-state index contributed by atoms with van der Waals surface area (Å²) >= 11 is 0. The molecule has 3 N–H and O–H groups in total. The first-order chi connectivity index (χ1) is 9.52. The Hall–Kier alpha value is -2.77. The number of carbonyl (C=O) groups is 2. The fourth-order valence-electron chi connectivity index (χ4n) is 1.58. The van der Waals surface area contributed by atoms with Crippen molar-refractivity contribution in [1.29, 1.82) is 0 Å². The fraction of sp³-hybridized carbons (Fsp3) is 0.167. The number of aromatic nitrogens is 3. The Kier molecular flexibility index (Phi) is 3.74. The number of nitrogens with one attached hydrogen (secondary N) is 2. The van der Waals surface area contributed by atoms with Gasteiger partial charge in [-0.3, -0.25) is 9.89 Å². The van der Waals surface area contributed by atoms with Crippen LogP contribution in [0.5, 0.6) is 0 Å². The molecule has 104 valence electrons. The van der Waals surface area contributed by atoms with Gasteiger partial charge in [0.05, 0.1) is 5.69 Å². The minimum Gasteiger partial charge on any atom is -0.478 e. The fourth-order valence-corrected chi connectivity index (χ4v) is 1.58. The van der Waals surface area contributed by atoms with Crippen LogP contribution in [0.3, 0.4) is 0 Å². The first-order valence-corrected chi connectivity index (χ1v) is 5.77. The van der Waals surface area contributed by atoms with Crippen LogP contribution in [0.25, 0.3) is 0 Å². The predicted octanol–water partition coefficient (Wildman–Crippen LogP) is 1.46. The zero-order valence-corrected chi connectivity index (χ0v) is 10.5. The Labute approximate surface area is 112 Å². The molecule has 2 rings (SSSR count). The summed E-state index contributed by atoms with van der Waals surface area (Å²) in [5, 5.41) is 17.5. The number of carboxylic acid groups (broad SMARTS) is 1. The molecule has 0 saturated carbocycles. The Morgan fingerprint density at radius 2 is 2.20 bits per heavy atom. The molecular formula is C12H11FN4O3. The average Bonchev–Trinajstić information content (AvgIpc) is 2.87. The van der Waals surface area contributed by atoms with Gasteiger partial charge in [0, 0.05) is 6.42 Å². The van der Waals surface area contributed by atoms with Crippen molar-refractivity contribution in [3.63, 3.8) is 0 Å². The number of hydrogen-bond donors (Lipinski definition) is 3. The third-order valence-corrected chi connectivity index (χ3v) is 2.55. The molecule has 1 aromatic heterocycles. The summed E-state index contributed by atoms with van der Waals surface area (Å²) in [7, 11) is 0. The van der Waals surface area contributed by atoms with E-state index in [0.717, 1.165) is 6.07 Å². The molecule has 0 aliphatic rings. The minimum absolute atomic E-state index is 0.137. The lowest BCUT2D eigenvalue weighted by Crippen LogP contribution is -2.17. The van der Waals surface area contributed by atoms with E-state index < -0.39 is 23.3 Å². The second-order valence-corrected chi connectivity index (χ2v) is 3.88. The first-order valence-electron chi connectivity index (χ1n) is 5.77. The van der Waals surface area contributed by atoms with E-state index in [1.165, 1.54) is 12.1 Å². The number of rotatable bonds is 4. The van der Waals surface area contributed by atoms with Gasteiger partial charge in [0.15, 0.2) is 0 Å². The molecule has 0 radical (unpaired) electrons. The van der Waals surface area contributed by atoms with Crippen molar-refractivity contribution in [2.24, 2.45) is 0 Å². The lowest BCUT2D eigenvalue weighted by Gasteiger charge is -2.07. The summed E-state index contributed by atoms with van der Waals surface area (Å²) in [5.74, 6) is -2.73. The van der Waals surface area contributed by atoms with Crippen molar-refractivity contribution in [1.82, 2.24) is 15.2 Å². The molecule has 20 heavy (non-hydrogen) atoms. The molecule has 2 aromatic rings. The monoisotopic (exact) mass is 278 g/mol. The maximum absolute atomic E-state index is 13.4. The molecular weight excluding hydrogens is 267 g/mol. The molecule has 0 atom stereocenters. The lowest BCUT2D eigenvalue weighted by atomic mass is 10.1. The van der Waals surface area contributed by atoms with Crippen LogP contribution < -0.4 is 5.32 Å². The first kappa shape index (κ1) is 13.7. The molecule has 0 aliphatic carbocycles. The quantitative estimate of drug-likeness (QED) is 0.784. The van der Waals surface area contributed by atoms with Crippen molar-refractivity contribution < 1.29 is 19.1 Å². The summed E-state index contributed by atoms with van der Waals surface area (Å²) in [6.07, 6.45) is 0.570. The summed E-state index contributed by atoms with van der Waals surface area (Å²) < 4.78 is 13.4. The average molecular weight is 278 g/mol. The van der Waals surface area contributed by atoms with Crippen LogP contribution in [0, 0.1) is 5.82 Å². The number of carboxylic acids is 1. The topological polar surface area (TPSA) is 108 Å². The SMILES string of the molecule is CCc1nc(C(=O)Nc2cccc(F)c2C(=O)O)n[nH]1. The Morgan fingerprint density at radius 1 is 1.45 bits per heavy atom. The Bertz CT molecular complexity index is 668. The van der Waals surface area contributed by atoms with Gasteiger partial charge >= 0.3 is 5.97 Å². The Morgan fingerprint density at radius 3 is 2.80 bits per heavy atom. The number of hydrogen-bond acceptors (Lipinski definition) is 4. The highest BCUT2D eigenvalue weighted by molar-refractivity contribution is 6.05. The number of anilines is 1. The highest BCUT2D eigenvalue weighted by atomic mass is 19.1. The highest BCUT2D eigenvalue weighted by Crippen LogP contribution is 2.19. The van der Waals surface area contributed by atoms with Crippen LogP contribution in [0.1, 0.15) is 33.7 Å². The number of nitrogens with zero attached hydrogens (tertiary/aromatic N) is 2. The molecule has 0 aliphatic heterocycles. The normalized spacial score (nSPS) is 10.3. The van der Waals surface area contributed by atoms with Gasteiger partial charge in [0.25, 0.3) is 5.91 Å². The van der Waals surface area contributed by atoms with Gasteiger partial charge in [0.1, 0.15) is 17.2 Å². The van der Waals surface area contributed by atoms with Gasteiger partial charge in [-0.25, -0.2) is 14.2 Å². The van der Waals surface area contributed by atoms with Crippen molar-refractivity contribution in [3.8, 4) is 0 Å². The van der Waals surface area contributed by atoms with Crippen LogP contribution in [-0.2, 0) is 6.42 Å². The van der Waals surface area contributed by atoms with Gasteiger partial charge in [-0.15, -0.1) is 5.10 Å². The standard InChI is InChI=1S/C12H11FN4O3/c1-2-8-15-10(17-16-8)11(18)14-7-5-3-4-6(13)9(7)12(19)20/h3-5H,2H2,1H3,(H,14,18)(H,19,20)(H,15,16,17). The van der Waals surface area contributed by atoms with Gasteiger partial charge < -0.3 is 10.4 Å². The summed E-state index contributed by atoms with van der Waals surface area (Å²) in [5.41, 5.74) is -0.752. The van der Waals surface area contributed by atoms with Crippen molar-refractivity contribution in [3.05, 3.63) is 41.2 Å². The van der Waals surface area contributed by atoms with Gasteiger partial charge in [-0.1, -0.05) is 13.0 Å². The summed E-state index contributed by atoms with van der Waals surface area (Å²) in [6.45, 7) is 1.83. The number of H-pyrrole nitrogens is 1. The number of carbonyl (C=O) groups excluding carboxylic acids is 1. The number of amides is 1. The maximum atomic E-state index is 13.4. The van der Waals surface area contributed by atoms with E-state index in [0.29, 0.717) is 12.2 Å². The van der Waals surface area contributed by atoms with Gasteiger partial charge in [-0.2, -0.15) is 0 Å². The van der Waals surface area contributed by atoms with Crippen molar-refractivity contribution in [2.45, 2.75) is 13.3 Å². The molecule has 0 spiro atoms. The summed E-state index contributed by atoms with van der Waals surface area (Å²) in [4.78, 5) is 26.7. The third kappa shape index (κ3) is 2.63. The van der Waals surface area contributed by atoms with Crippen LogP contribution in [0.4, 0.5) is 10.1 Å². The number of aromatic carboxylic acids is 1. The van der Waals surface area contributed by atoms with Crippen LogP contribution in [-0.4, -0.2) is 32.2 Å². The van der Waals surface area contributed by atoms with E-state index in [1.807, 2.05) is 6.92 Å². The molecule has 0 bridgehead atoms. The molecule has 1 heterocycles. The number of benzene rings is 1. The number of aryl methyl sites for hydroxylation is 1. The predicted molar refractivity (Wildman–Crippen MR) is 67.1 cm³/mol. The minimum atomic E-state index is -1.47. The van der Waals surface area contributed by atoms with E-state index in [1.54, 1.807) is 0 Å². The van der Waals surface area contributed by atoms with Crippen LogP contribution in [0.2, 0.25) is 0 Å². The smallest absolute Gasteiger partial charge is 0.340 e. The third-order valence-electron chi connectivity index (χ3n) is 2.55. The maximum Gasteiger partial charge on any atom is 0.340 e. The Balaban J connectivity index is 2.28. The van der Waals surface area contributed by atoms with E-state index in [-0.39, 0.29) is 11.5 Å². The van der Waals surface area contributed by atoms with Crippen molar-refractivity contribution in [2.75, 3.05) is 5.32 Å². The van der Waals surface area contributed by atoms with Gasteiger partial charge in [-0.05, 0) is 12.1 Å². The summed E-state index contributed by atoms with van der Waals surface area (Å²) in [6, 6.07) is 3.59. The number of halogens is 1. The zero-order valence-electron chi connectivity index (χ0n) is 10.5. The lowest BCUT2D eigenvalue weighted by molar-refractivity contribution is 0.0693. The van der Waals surface area contributed by atoms with E-state index in [9.17, 15) is 14.0 Å². The van der Waals surface area contributed by atoms with E-state index in [2.05, 4.69) is 20.5 Å². The second-order valence-electron chi connectivity index (χ2n) is 3.88. The molecule has 1 amide bonds. The zero-order chi connectivity index (χ0) is 14.7. The number of aromatic amines is 1. The van der Waals surface area contributed by atoms with Crippen LogP contribution >= 0.6 is 0 Å². The highest BCUT2D eigenvalue weighted by Gasteiger charge is 2.19. The van der Waals surface area contributed by atoms with E-state index >= 15 is 0 Å². The molecule has 7 nitrogen and oxygen atoms in total. The molecule has 8 heteroatoms. The molecule has 0 fully saturated rings. The van der Waals surface area contributed by atoms with Gasteiger partial charge in [0.2, 0.25) is 5.82 Å². The van der Waals surface area contributed by atoms with Crippen molar-refractivity contribution >= 4 is 17.6 Å². The van der Waals surface area contributed by atoms with Crippen LogP contribution in [0.15, 0.2) is 18.2 Å². The molecule has 1 aromatic carbocycles. The largest absolute Gasteiger partial charge is 0.478 e.